The van der Waals surface area contributed by atoms with E-state index in [-0.39, 0.29) is 5.91 Å². The number of benzene rings is 1. The molecule has 0 aliphatic heterocycles. The van der Waals surface area contributed by atoms with Gasteiger partial charge in [-0.1, -0.05) is 43.1 Å². The number of carbonyl (C=O) groups excluding carboxylic acids is 1. The molecule has 0 saturated heterocycles. The van der Waals surface area contributed by atoms with E-state index in [1.54, 1.807) is 30.5 Å². The summed E-state index contributed by atoms with van der Waals surface area (Å²) < 4.78 is 0. The highest BCUT2D eigenvalue weighted by molar-refractivity contribution is 6.40. The predicted molar refractivity (Wildman–Crippen MR) is 96.6 cm³/mol. The minimum Gasteiger partial charge on any atom is -0.385 e. The number of pyridine rings is 1. The highest BCUT2D eigenvalue weighted by Gasteiger charge is 2.13. The van der Waals surface area contributed by atoms with Crippen molar-refractivity contribution in [2.75, 3.05) is 17.2 Å². The van der Waals surface area contributed by atoms with Gasteiger partial charge in [0.05, 0.1) is 15.7 Å². The van der Waals surface area contributed by atoms with Gasteiger partial charge in [0.1, 0.15) is 5.69 Å². The predicted octanol–water partition coefficient (Wildman–Crippen LogP) is 5.10. The number of halogens is 2. The minimum absolute atomic E-state index is 0.301. The molecule has 2 rings (SSSR count). The molecule has 2 aromatic rings. The molecule has 2 N–H and O–H groups in total. The van der Waals surface area contributed by atoms with Crippen LogP contribution in [0.5, 0.6) is 0 Å². The second-order valence-electron chi connectivity index (χ2n) is 5.59. The number of nitrogens with zero attached hydrogens (tertiary/aromatic N) is 1. The first-order chi connectivity index (χ1) is 11.0. The fraction of sp³-hybridized carbons (Fsp3) is 0.294. The summed E-state index contributed by atoms with van der Waals surface area (Å²) in [5, 5.41) is 6.76. The molecule has 6 heteroatoms. The van der Waals surface area contributed by atoms with Gasteiger partial charge in [-0.2, -0.15) is 0 Å². The molecule has 0 saturated carbocycles. The van der Waals surface area contributed by atoms with Crippen LogP contribution in [0.3, 0.4) is 0 Å². The van der Waals surface area contributed by atoms with Crippen LogP contribution in [0.2, 0.25) is 10.0 Å². The van der Waals surface area contributed by atoms with E-state index in [1.165, 1.54) is 0 Å². The zero-order chi connectivity index (χ0) is 16.8. The average molecular weight is 352 g/mol. The van der Waals surface area contributed by atoms with Crippen molar-refractivity contribution in [2.24, 2.45) is 5.92 Å². The second kappa shape index (κ2) is 8.18. The number of rotatable bonds is 6. The van der Waals surface area contributed by atoms with E-state index in [2.05, 4.69) is 29.5 Å². The molecular formula is C17H19Cl2N3O. The quantitative estimate of drug-likeness (QED) is 0.761. The smallest absolute Gasteiger partial charge is 0.274 e. The summed E-state index contributed by atoms with van der Waals surface area (Å²) >= 11 is 12.1. The third-order valence-electron chi connectivity index (χ3n) is 3.24. The maximum Gasteiger partial charge on any atom is 0.274 e. The van der Waals surface area contributed by atoms with Crippen LogP contribution >= 0.6 is 23.2 Å². The molecule has 1 amide bonds. The maximum atomic E-state index is 12.3. The van der Waals surface area contributed by atoms with Crippen LogP contribution in [-0.4, -0.2) is 17.4 Å². The molecule has 0 fully saturated rings. The van der Waals surface area contributed by atoms with E-state index in [0.717, 1.165) is 18.7 Å². The SMILES string of the molecule is CC(C)CCNc1ccnc(C(=O)Nc2c(Cl)cccc2Cl)c1. The van der Waals surface area contributed by atoms with E-state index in [1.807, 2.05) is 6.07 Å². The lowest BCUT2D eigenvalue weighted by Crippen LogP contribution is -2.15. The van der Waals surface area contributed by atoms with Crippen LogP contribution in [0.4, 0.5) is 11.4 Å². The van der Waals surface area contributed by atoms with Crippen molar-refractivity contribution in [2.45, 2.75) is 20.3 Å². The molecule has 122 valence electrons. The van der Waals surface area contributed by atoms with Crippen molar-refractivity contribution in [3.05, 3.63) is 52.3 Å². The maximum absolute atomic E-state index is 12.3. The Hall–Kier alpha value is -1.78. The van der Waals surface area contributed by atoms with E-state index in [9.17, 15) is 4.79 Å². The lowest BCUT2D eigenvalue weighted by atomic mass is 10.1. The van der Waals surface area contributed by atoms with Crippen LogP contribution in [-0.2, 0) is 0 Å². The van der Waals surface area contributed by atoms with E-state index in [4.69, 9.17) is 23.2 Å². The van der Waals surface area contributed by atoms with Gasteiger partial charge in [-0.3, -0.25) is 9.78 Å². The van der Waals surface area contributed by atoms with Crippen LogP contribution in [0.15, 0.2) is 36.5 Å². The molecule has 1 heterocycles. The number of aromatic nitrogens is 1. The molecule has 0 radical (unpaired) electrons. The Morgan fingerprint density at radius 1 is 1.22 bits per heavy atom. The Labute approximate surface area is 146 Å². The highest BCUT2D eigenvalue weighted by Crippen LogP contribution is 2.30. The zero-order valence-corrected chi connectivity index (χ0v) is 14.6. The van der Waals surface area contributed by atoms with Gasteiger partial charge in [-0.05, 0) is 36.6 Å². The molecule has 4 nitrogen and oxygen atoms in total. The largest absolute Gasteiger partial charge is 0.385 e. The van der Waals surface area contributed by atoms with Gasteiger partial charge in [-0.25, -0.2) is 0 Å². The summed E-state index contributed by atoms with van der Waals surface area (Å²) in [7, 11) is 0. The van der Waals surface area contributed by atoms with Crippen LogP contribution in [0.1, 0.15) is 30.8 Å². The number of amides is 1. The Bertz CT molecular complexity index is 669. The summed E-state index contributed by atoms with van der Waals surface area (Å²) in [6.07, 6.45) is 2.65. The third-order valence-corrected chi connectivity index (χ3v) is 3.87. The first-order valence-electron chi connectivity index (χ1n) is 7.42. The first-order valence-corrected chi connectivity index (χ1v) is 8.18. The molecule has 0 atom stereocenters. The van der Waals surface area contributed by atoms with Gasteiger partial charge < -0.3 is 10.6 Å². The zero-order valence-electron chi connectivity index (χ0n) is 13.1. The number of carbonyl (C=O) groups is 1. The molecule has 0 spiro atoms. The number of anilines is 2. The topological polar surface area (TPSA) is 54.0 Å². The molecule has 0 aliphatic rings. The van der Waals surface area contributed by atoms with Crippen molar-refractivity contribution >= 4 is 40.5 Å². The lowest BCUT2D eigenvalue weighted by Gasteiger charge is -2.11. The Balaban J connectivity index is 2.08. The van der Waals surface area contributed by atoms with Crippen molar-refractivity contribution < 1.29 is 4.79 Å². The monoisotopic (exact) mass is 351 g/mol. The van der Waals surface area contributed by atoms with E-state index in [0.29, 0.717) is 27.3 Å². The highest BCUT2D eigenvalue weighted by atomic mass is 35.5. The van der Waals surface area contributed by atoms with Gasteiger partial charge >= 0.3 is 0 Å². The molecule has 0 bridgehead atoms. The number of para-hydroxylation sites is 1. The number of nitrogens with one attached hydrogen (secondary N) is 2. The van der Waals surface area contributed by atoms with Crippen LogP contribution < -0.4 is 10.6 Å². The Kier molecular flexibility index (Phi) is 6.25. The third kappa shape index (κ3) is 5.12. The van der Waals surface area contributed by atoms with E-state index < -0.39 is 0 Å². The van der Waals surface area contributed by atoms with Crippen molar-refractivity contribution in [1.29, 1.82) is 0 Å². The molecule has 0 unspecified atom stereocenters. The van der Waals surface area contributed by atoms with Crippen molar-refractivity contribution in [3.8, 4) is 0 Å². The number of hydrogen-bond donors (Lipinski definition) is 2. The molecular weight excluding hydrogens is 333 g/mol. The molecule has 1 aromatic carbocycles. The number of hydrogen-bond acceptors (Lipinski definition) is 3. The van der Waals surface area contributed by atoms with Crippen LogP contribution in [0, 0.1) is 5.92 Å². The fourth-order valence-electron chi connectivity index (χ4n) is 1.96. The van der Waals surface area contributed by atoms with Gasteiger partial charge in [0.15, 0.2) is 0 Å². The standard InChI is InChI=1S/C17H19Cl2N3O/c1-11(2)6-8-20-12-7-9-21-15(10-12)17(23)22-16-13(18)4-3-5-14(16)19/h3-5,7,9-11H,6,8H2,1-2H3,(H,20,21)(H,22,23). The normalized spacial score (nSPS) is 10.7. The van der Waals surface area contributed by atoms with Gasteiger partial charge in [0.2, 0.25) is 0 Å². The Morgan fingerprint density at radius 3 is 2.57 bits per heavy atom. The van der Waals surface area contributed by atoms with Crippen molar-refractivity contribution in [3.63, 3.8) is 0 Å². The van der Waals surface area contributed by atoms with Crippen molar-refractivity contribution in [1.82, 2.24) is 4.98 Å². The van der Waals surface area contributed by atoms with Gasteiger partial charge in [-0.15, -0.1) is 0 Å². The van der Waals surface area contributed by atoms with E-state index >= 15 is 0 Å². The molecule has 0 aliphatic carbocycles. The first kappa shape index (κ1) is 17.6. The van der Waals surface area contributed by atoms with Gasteiger partial charge in [0.25, 0.3) is 5.91 Å². The summed E-state index contributed by atoms with van der Waals surface area (Å²) in [5.74, 6) is 0.266. The minimum atomic E-state index is -0.354. The Morgan fingerprint density at radius 2 is 1.91 bits per heavy atom. The summed E-state index contributed by atoms with van der Waals surface area (Å²) in [6, 6.07) is 8.60. The van der Waals surface area contributed by atoms with Gasteiger partial charge in [0, 0.05) is 18.4 Å². The average Bonchev–Trinajstić information content (AvgIpc) is 2.51. The molecule has 23 heavy (non-hydrogen) atoms. The summed E-state index contributed by atoms with van der Waals surface area (Å²) in [5.41, 5.74) is 1.55. The lowest BCUT2D eigenvalue weighted by molar-refractivity contribution is 0.102. The molecule has 1 aromatic heterocycles. The summed E-state index contributed by atoms with van der Waals surface area (Å²) in [4.78, 5) is 16.4. The second-order valence-corrected chi connectivity index (χ2v) is 6.40. The fourth-order valence-corrected chi connectivity index (χ4v) is 2.46. The summed E-state index contributed by atoms with van der Waals surface area (Å²) in [6.45, 7) is 5.18. The van der Waals surface area contributed by atoms with Crippen LogP contribution in [0.25, 0.3) is 0 Å².